The predicted octanol–water partition coefficient (Wildman–Crippen LogP) is 2.73. The summed E-state index contributed by atoms with van der Waals surface area (Å²) < 4.78 is 0. The molecule has 1 aliphatic heterocycles. The molecule has 70 valence electrons. The summed E-state index contributed by atoms with van der Waals surface area (Å²) in [5.41, 5.74) is 0. The summed E-state index contributed by atoms with van der Waals surface area (Å²) in [4.78, 5) is 0. The summed E-state index contributed by atoms with van der Waals surface area (Å²) in [7, 11) is 0. The Hall–Kier alpha value is -0.300. The van der Waals surface area contributed by atoms with Crippen LogP contribution in [0.15, 0.2) is 12.2 Å². The van der Waals surface area contributed by atoms with Gasteiger partial charge in [-0.3, -0.25) is 0 Å². The van der Waals surface area contributed by atoms with E-state index < -0.39 is 0 Å². The molecule has 1 heteroatoms. The highest BCUT2D eigenvalue weighted by molar-refractivity contribution is 4.85. The van der Waals surface area contributed by atoms with Crippen LogP contribution in [0.2, 0.25) is 0 Å². The van der Waals surface area contributed by atoms with E-state index in [0.29, 0.717) is 0 Å². The molecule has 0 unspecified atom stereocenters. The summed E-state index contributed by atoms with van der Waals surface area (Å²) in [6.45, 7) is 4.69. The van der Waals surface area contributed by atoms with E-state index in [1.807, 2.05) is 0 Å². The molecule has 1 fully saturated rings. The lowest BCUT2D eigenvalue weighted by Crippen LogP contribution is -2.27. The van der Waals surface area contributed by atoms with Crippen molar-refractivity contribution in [1.82, 2.24) is 5.32 Å². The molecule has 0 saturated carbocycles. The van der Waals surface area contributed by atoms with Crippen LogP contribution in [0.25, 0.3) is 0 Å². The van der Waals surface area contributed by atoms with Gasteiger partial charge in [-0.05, 0) is 44.7 Å². The van der Waals surface area contributed by atoms with Crippen LogP contribution >= 0.6 is 0 Å². The van der Waals surface area contributed by atoms with Crippen molar-refractivity contribution in [2.45, 2.75) is 39.0 Å². The normalized spacial score (nSPS) is 20.4. The molecule has 1 heterocycles. The van der Waals surface area contributed by atoms with E-state index in [-0.39, 0.29) is 0 Å². The molecule has 0 bridgehead atoms. The summed E-state index contributed by atoms with van der Waals surface area (Å²) in [6.07, 6.45) is 11.3. The Morgan fingerprint density at radius 2 is 2.00 bits per heavy atom. The second-order valence-electron chi connectivity index (χ2n) is 3.69. The van der Waals surface area contributed by atoms with Crippen molar-refractivity contribution in [2.24, 2.45) is 5.92 Å². The number of nitrogens with one attached hydrogen (secondary N) is 1. The lowest BCUT2D eigenvalue weighted by molar-refractivity contribution is 0.377. The van der Waals surface area contributed by atoms with Gasteiger partial charge in [0, 0.05) is 0 Å². The third kappa shape index (κ3) is 3.91. The number of allylic oxidation sites excluding steroid dienone is 2. The Morgan fingerprint density at radius 3 is 2.67 bits per heavy atom. The molecule has 0 amide bonds. The van der Waals surface area contributed by atoms with E-state index in [0.717, 1.165) is 5.92 Å². The molecule has 1 N–H and O–H groups in total. The standard InChI is InChI=1S/C11H21N/c1-2-3-4-5-6-11-7-9-12-10-8-11/h4-5,11-12H,2-3,6-10H2,1H3/b5-4+. The second kappa shape index (κ2) is 6.24. The maximum Gasteiger partial charge on any atom is -0.00462 e. The van der Waals surface area contributed by atoms with Gasteiger partial charge in [0.1, 0.15) is 0 Å². The molecule has 0 aromatic carbocycles. The van der Waals surface area contributed by atoms with E-state index in [2.05, 4.69) is 24.4 Å². The van der Waals surface area contributed by atoms with Crippen molar-refractivity contribution in [3.63, 3.8) is 0 Å². The Balaban J connectivity index is 2.04. The van der Waals surface area contributed by atoms with Crippen LogP contribution in [-0.2, 0) is 0 Å². The van der Waals surface area contributed by atoms with Gasteiger partial charge < -0.3 is 5.32 Å². The van der Waals surface area contributed by atoms with Crippen molar-refractivity contribution >= 4 is 0 Å². The van der Waals surface area contributed by atoms with Crippen molar-refractivity contribution in [3.8, 4) is 0 Å². The van der Waals surface area contributed by atoms with Crippen molar-refractivity contribution < 1.29 is 0 Å². The van der Waals surface area contributed by atoms with Gasteiger partial charge >= 0.3 is 0 Å². The van der Waals surface area contributed by atoms with Crippen molar-refractivity contribution in [3.05, 3.63) is 12.2 Å². The quantitative estimate of drug-likeness (QED) is 0.635. The third-order valence-electron chi connectivity index (χ3n) is 2.55. The van der Waals surface area contributed by atoms with Crippen LogP contribution in [0.3, 0.4) is 0 Å². The lowest BCUT2D eigenvalue weighted by Gasteiger charge is -2.20. The van der Waals surface area contributed by atoms with Crippen LogP contribution in [0.5, 0.6) is 0 Å². The molecule has 1 aliphatic rings. The number of hydrogen-bond acceptors (Lipinski definition) is 1. The van der Waals surface area contributed by atoms with E-state index in [9.17, 15) is 0 Å². The highest BCUT2D eigenvalue weighted by Gasteiger charge is 2.10. The third-order valence-corrected chi connectivity index (χ3v) is 2.55. The van der Waals surface area contributed by atoms with Gasteiger partial charge in [-0.25, -0.2) is 0 Å². The van der Waals surface area contributed by atoms with Crippen molar-refractivity contribution in [1.29, 1.82) is 0 Å². The highest BCUT2D eigenvalue weighted by atomic mass is 14.9. The van der Waals surface area contributed by atoms with Crippen LogP contribution in [0.4, 0.5) is 0 Å². The maximum atomic E-state index is 3.39. The number of rotatable bonds is 4. The fraction of sp³-hybridized carbons (Fsp3) is 0.818. The van der Waals surface area contributed by atoms with E-state index in [1.165, 1.54) is 45.2 Å². The number of piperidine rings is 1. The molecular formula is C11H21N. The van der Waals surface area contributed by atoms with Gasteiger partial charge in [0.15, 0.2) is 0 Å². The monoisotopic (exact) mass is 167 g/mol. The zero-order valence-corrected chi connectivity index (χ0v) is 8.18. The van der Waals surface area contributed by atoms with Gasteiger partial charge in [-0.15, -0.1) is 0 Å². The van der Waals surface area contributed by atoms with Gasteiger partial charge in [0.2, 0.25) is 0 Å². The molecule has 1 rings (SSSR count). The fourth-order valence-electron chi connectivity index (χ4n) is 1.69. The highest BCUT2D eigenvalue weighted by Crippen LogP contribution is 2.16. The Morgan fingerprint density at radius 1 is 1.25 bits per heavy atom. The fourth-order valence-corrected chi connectivity index (χ4v) is 1.69. The molecule has 12 heavy (non-hydrogen) atoms. The minimum Gasteiger partial charge on any atom is -0.317 e. The van der Waals surface area contributed by atoms with Crippen LogP contribution in [-0.4, -0.2) is 13.1 Å². The number of hydrogen-bond donors (Lipinski definition) is 1. The Labute approximate surface area is 76.2 Å². The molecule has 0 spiro atoms. The largest absolute Gasteiger partial charge is 0.317 e. The molecule has 0 aliphatic carbocycles. The maximum absolute atomic E-state index is 3.39. The molecule has 0 aromatic heterocycles. The summed E-state index contributed by atoms with van der Waals surface area (Å²) in [5.74, 6) is 0.958. The van der Waals surface area contributed by atoms with Gasteiger partial charge in [-0.2, -0.15) is 0 Å². The molecule has 1 saturated heterocycles. The number of unbranched alkanes of at least 4 members (excludes halogenated alkanes) is 1. The van der Waals surface area contributed by atoms with E-state index in [1.54, 1.807) is 0 Å². The van der Waals surface area contributed by atoms with Gasteiger partial charge in [0.25, 0.3) is 0 Å². The molecule has 0 atom stereocenters. The molecular weight excluding hydrogens is 146 g/mol. The SMILES string of the molecule is CCC/C=C/CC1CCNCC1. The van der Waals surface area contributed by atoms with E-state index in [4.69, 9.17) is 0 Å². The van der Waals surface area contributed by atoms with Gasteiger partial charge in [-0.1, -0.05) is 25.5 Å². The Kier molecular flexibility index (Phi) is 5.09. The lowest BCUT2D eigenvalue weighted by atomic mass is 9.94. The molecule has 1 nitrogen and oxygen atoms in total. The zero-order valence-electron chi connectivity index (χ0n) is 8.18. The van der Waals surface area contributed by atoms with E-state index >= 15 is 0 Å². The van der Waals surface area contributed by atoms with Crippen LogP contribution < -0.4 is 5.32 Å². The first-order valence-electron chi connectivity index (χ1n) is 5.29. The predicted molar refractivity (Wildman–Crippen MR) is 54.3 cm³/mol. The smallest absolute Gasteiger partial charge is 0.00462 e. The first kappa shape index (κ1) is 9.79. The summed E-state index contributed by atoms with van der Waals surface area (Å²) in [5, 5.41) is 3.39. The zero-order chi connectivity index (χ0) is 8.65. The topological polar surface area (TPSA) is 12.0 Å². The van der Waals surface area contributed by atoms with Crippen LogP contribution in [0, 0.1) is 5.92 Å². The minimum atomic E-state index is 0.958. The van der Waals surface area contributed by atoms with Crippen molar-refractivity contribution in [2.75, 3.05) is 13.1 Å². The second-order valence-corrected chi connectivity index (χ2v) is 3.69. The average Bonchev–Trinajstić information content (AvgIpc) is 2.14. The Bertz CT molecular complexity index is 123. The average molecular weight is 167 g/mol. The van der Waals surface area contributed by atoms with Gasteiger partial charge in [0.05, 0.1) is 0 Å². The van der Waals surface area contributed by atoms with Crippen LogP contribution in [0.1, 0.15) is 39.0 Å². The minimum absolute atomic E-state index is 0.958. The summed E-state index contributed by atoms with van der Waals surface area (Å²) in [6, 6.07) is 0. The first-order valence-corrected chi connectivity index (χ1v) is 5.29. The first-order chi connectivity index (χ1) is 5.93. The summed E-state index contributed by atoms with van der Waals surface area (Å²) >= 11 is 0. The molecule has 0 aromatic rings. The molecule has 0 radical (unpaired) electrons.